The van der Waals surface area contributed by atoms with E-state index in [-0.39, 0.29) is 5.75 Å². The Bertz CT molecular complexity index is 329. The van der Waals surface area contributed by atoms with Gasteiger partial charge in [-0.05, 0) is 30.0 Å². The predicted octanol–water partition coefficient (Wildman–Crippen LogP) is 2.72. The Hall–Kier alpha value is -1.31. The van der Waals surface area contributed by atoms with Gasteiger partial charge in [0.05, 0.1) is 5.56 Å². The first-order chi connectivity index (χ1) is 6.72. The second-order valence-corrected chi connectivity index (χ2v) is 3.41. The Labute approximate surface area is 84.6 Å². The summed E-state index contributed by atoms with van der Waals surface area (Å²) in [6.07, 6.45) is 3.39. The maximum atomic E-state index is 10.7. The lowest BCUT2D eigenvalue weighted by molar-refractivity contribution is 0.112. The van der Waals surface area contributed by atoms with Gasteiger partial charge in [0.1, 0.15) is 5.75 Å². The fourth-order valence-electron chi connectivity index (χ4n) is 1.54. The third kappa shape index (κ3) is 2.13. The first-order valence-corrected chi connectivity index (χ1v) is 5.02. The summed E-state index contributed by atoms with van der Waals surface area (Å²) < 4.78 is 0. The van der Waals surface area contributed by atoms with Gasteiger partial charge in [0.25, 0.3) is 0 Å². The van der Waals surface area contributed by atoms with E-state index in [0.717, 1.165) is 30.4 Å². The first-order valence-electron chi connectivity index (χ1n) is 5.02. The van der Waals surface area contributed by atoms with E-state index >= 15 is 0 Å². The molecule has 0 saturated heterocycles. The molecule has 2 heteroatoms. The lowest BCUT2D eigenvalue weighted by atomic mass is 10.0. The zero-order valence-electron chi connectivity index (χ0n) is 8.71. The lowest BCUT2D eigenvalue weighted by Gasteiger charge is -2.08. The van der Waals surface area contributed by atoms with E-state index in [1.807, 2.05) is 13.0 Å². The van der Waals surface area contributed by atoms with Crippen molar-refractivity contribution in [2.24, 2.45) is 0 Å². The van der Waals surface area contributed by atoms with Crippen LogP contribution in [0.15, 0.2) is 12.1 Å². The highest BCUT2D eigenvalue weighted by molar-refractivity contribution is 5.80. The number of benzene rings is 1. The van der Waals surface area contributed by atoms with Gasteiger partial charge in [-0.15, -0.1) is 0 Å². The van der Waals surface area contributed by atoms with Crippen molar-refractivity contribution in [2.45, 2.75) is 33.1 Å². The van der Waals surface area contributed by atoms with Crippen molar-refractivity contribution in [3.05, 3.63) is 28.8 Å². The largest absolute Gasteiger partial charge is 0.507 e. The molecule has 76 valence electrons. The number of carbonyl (C=O) groups is 1. The van der Waals surface area contributed by atoms with Crippen LogP contribution < -0.4 is 0 Å². The molecule has 1 N–H and O–H groups in total. The maximum Gasteiger partial charge on any atom is 0.153 e. The van der Waals surface area contributed by atoms with Gasteiger partial charge in [0, 0.05) is 0 Å². The van der Waals surface area contributed by atoms with Crippen LogP contribution >= 0.6 is 0 Å². The number of phenolic OH excluding ortho intramolecular Hbond substituents is 1. The molecule has 0 fully saturated rings. The van der Waals surface area contributed by atoms with Crippen molar-refractivity contribution in [3.63, 3.8) is 0 Å². The standard InChI is InChI=1S/C12H16O2/c1-3-5-10-6-9(4-2)7-11(8-13)12(10)14/h6-8,14H,3-5H2,1-2H3. The molecule has 0 saturated carbocycles. The topological polar surface area (TPSA) is 37.3 Å². The summed E-state index contributed by atoms with van der Waals surface area (Å²) in [5.74, 6) is 0.152. The highest BCUT2D eigenvalue weighted by Crippen LogP contribution is 2.24. The van der Waals surface area contributed by atoms with E-state index in [0.29, 0.717) is 11.8 Å². The Morgan fingerprint density at radius 2 is 2.07 bits per heavy atom. The molecule has 0 aromatic heterocycles. The SMILES string of the molecule is CCCc1cc(CC)cc(C=O)c1O. The summed E-state index contributed by atoms with van der Waals surface area (Å²) in [6.45, 7) is 4.09. The Morgan fingerprint density at radius 1 is 1.36 bits per heavy atom. The number of hydrogen-bond donors (Lipinski definition) is 1. The molecule has 14 heavy (non-hydrogen) atoms. The highest BCUT2D eigenvalue weighted by atomic mass is 16.3. The van der Waals surface area contributed by atoms with Gasteiger partial charge in [0.15, 0.2) is 6.29 Å². The molecule has 0 aliphatic rings. The van der Waals surface area contributed by atoms with Crippen molar-refractivity contribution in [1.82, 2.24) is 0 Å². The van der Waals surface area contributed by atoms with Crippen LogP contribution in [0.25, 0.3) is 0 Å². The van der Waals surface area contributed by atoms with Crippen LogP contribution in [0.1, 0.15) is 41.8 Å². The average Bonchev–Trinajstić information content (AvgIpc) is 2.21. The summed E-state index contributed by atoms with van der Waals surface area (Å²) in [5.41, 5.74) is 2.40. The Balaban J connectivity index is 3.19. The number of aromatic hydroxyl groups is 1. The summed E-state index contributed by atoms with van der Waals surface area (Å²) in [4.78, 5) is 10.7. The number of hydrogen-bond acceptors (Lipinski definition) is 2. The third-order valence-electron chi connectivity index (χ3n) is 2.33. The van der Waals surface area contributed by atoms with E-state index in [1.165, 1.54) is 0 Å². The maximum absolute atomic E-state index is 10.7. The molecule has 0 amide bonds. The molecule has 0 unspecified atom stereocenters. The van der Waals surface area contributed by atoms with Crippen LogP contribution in [0.4, 0.5) is 0 Å². The van der Waals surface area contributed by atoms with E-state index in [4.69, 9.17) is 0 Å². The number of aryl methyl sites for hydroxylation is 2. The molecule has 0 radical (unpaired) electrons. The predicted molar refractivity (Wildman–Crippen MR) is 56.9 cm³/mol. The number of aldehydes is 1. The minimum atomic E-state index is 0.152. The molecule has 0 aliphatic heterocycles. The minimum Gasteiger partial charge on any atom is -0.507 e. The van der Waals surface area contributed by atoms with Gasteiger partial charge < -0.3 is 5.11 Å². The Kier molecular flexibility index (Phi) is 3.69. The van der Waals surface area contributed by atoms with Gasteiger partial charge in [-0.25, -0.2) is 0 Å². The highest BCUT2D eigenvalue weighted by Gasteiger charge is 2.07. The molecule has 0 aliphatic carbocycles. The summed E-state index contributed by atoms with van der Waals surface area (Å²) >= 11 is 0. The fourth-order valence-corrected chi connectivity index (χ4v) is 1.54. The summed E-state index contributed by atoms with van der Waals surface area (Å²) in [5, 5.41) is 9.71. The van der Waals surface area contributed by atoms with Gasteiger partial charge in [-0.3, -0.25) is 4.79 Å². The number of carbonyl (C=O) groups excluding carboxylic acids is 1. The van der Waals surface area contributed by atoms with Gasteiger partial charge in [-0.2, -0.15) is 0 Å². The summed E-state index contributed by atoms with van der Waals surface area (Å²) in [7, 11) is 0. The molecule has 1 aromatic rings. The van der Waals surface area contributed by atoms with Crippen molar-refractivity contribution >= 4 is 6.29 Å². The van der Waals surface area contributed by atoms with Gasteiger partial charge in [-0.1, -0.05) is 26.3 Å². The first kappa shape index (κ1) is 10.8. The van der Waals surface area contributed by atoms with Crippen LogP contribution in [0.2, 0.25) is 0 Å². The minimum absolute atomic E-state index is 0.152. The number of phenols is 1. The molecular weight excluding hydrogens is 176 g/mol. The van der Waals surface area contributed by atoms with E-state index in [9.17, 15) is 9.90 Å². The van der Waals surface area contributed by atoms with Crippen LogP contribution in [-0.4, -0.2) is 11.4 Å². The lowest BCUT2D eigenvalue weighted by Crippen LogP contribution is -1.93. The third-order valence-corrected chi connectivity index (χ3v) is 2.33. The molecule has 0 atom stereocenters. The zero-order chi connectivity index (χ0) is 10.6. The second-order valence-electron chi connectivity index (χ2n) is 3.41. The fraction of sp³-hybridized carbons (Fsp3) is 0.417. The van der Waals surface area contributed by atoms with Crippen LogP contribution in [0.5, 0.6) is 5.75 Å². The average molecular weight is 192 g/mol. The van der Waals surface area contributed by atoms with Crippen LogP contribution in [0, 0.1) is 0 Å². The molecule has 0 heterocycles. The van der Waals surface area contributed by atoms with Crippen LogP contribution in [0.3, 0.4) is 0 Å². The smallest absolute Gasteiger partial charge is 0.153 e. The molecule has 0 bridgehead atoms. The molecular formula is C12H16O2. The van der Waals surface area contributed by atoms with Gasteiger partial charge in [0.2, 0.25) is 0 Å². The summed E-state index contributed by atoms with van der Waals surface area (Å²) in [6, 6.07) is 3.73. The molecule has 1 aromatic carbocycles. The molecule has 1 rings (SSSR count). The van der Waals surface area contributed by atoms with Gasteiger partial charge >= 0.3 is 0 Å². The quantitative estimate of drug-likeness (QED) is 0.745. The zero-order valence-corrected chi connectivity index (χ0v) is 8.71. The second kappa shape index (κ2) is 4.80. The van der Waals surface area contributed by atoms with E-state index in [1.54, 1.807) is 6.07 Å². The molecule has 0 spiro atoms. The van der Waals surface area contributed by atoms with Crippen molar-refractivity contribution < 1.29 is 9.90 Å². The van der Waals surface area contributed by atoms with Crippen molar-refractivity contribution in [2.75, 3.05) is 0 Å². The normalized spacial score (nSPS) is 10.1. The monoisotopic (exact) mass is 192 g/mol. The van der Waals surface area contributed by atoms with Crippen LogP contribution in [-0.2, 0) is 12.8 Å². The number of rotatable bonds is 4. The van der Waals surface area contributed by atoms with Crippen molar-refractivity contribution in [1.29, 1.82) is 0 Å². The molecule has 2 nitrogen and oxygen atoms in total. The van der Waals surface area contributed by atoms with Crippen molar-refractivity contribution in [3.8, 4) is 5.75 Å². The Morgan fingerprint density at radius 3 is 2.57 bits per heavy atom. The van der Waals surface area contributed by atoms with E-state index < -0.39 is 0 Å². The van der Waals surface area contributed by atoms with E-state index in [2.05, 4.69) is 6.92 Å².